The lowest BCUT2D eigenvalue weighted by molar-refractivity contribution is 0.155. The zero-order valence-corrected chi connectivity index (χ0v) is 15.7. The molecule has 1 aliphatic heterocycles. The predicted octanol–water partition coefficient (Wildman–Crippen LogP) is 1.33. The lowest BCUT2D eigenvalue weighted by atomic mass is 9.83. The average Bonchev–Trinajstić information content (AvgIpc) is 2.59. The molecule has 0 aromatic rings. The number of nitrogens with zero attached hydrogens (tertiary/aromatic N) is 1. The van der Waals surface area contributed by atoms with E-state index in [1.54, 1.807) is 0 Å². The number of hydrogen-bond acceptors (Lipinski definition) is 5. The van der Waals surface area contributed by atoms with Crippen molar-refractivity contribution in [2.24, 2.45) is 5.92 Å². The summed E-state index contributed by atoms with van der Waals surface area (Å²) >= 11 is 13.7. The van der Waals surface area contributed by atoms with Crippen LogP contribution >= 0.6 is 23.4 Å². The van der Waals surface area contributed by atoms with Gasteiger partial charge in [0, 0.05) is 58.9 Å². The van der Waals surface area contributed by atoms with Crippen LogP contribution in [0.4, 0.5) is 0 Å². The highest BCUT2D eigenvalue weighted by atomic mass is 35.5. The fourth-order valence-corrected chi connectivity index (χ4v) is 4.18. The second-order valence-corrected chi connectivity index (χ2v) is 7.73. The van der Waals surface area contributed by atoms with Crippen LogP contribution in [-0.2, 0) is 0 Å². The predicted molar refractivity (Wildman–Crippen MR) is 99.2 cm³/mol. The zero-order valence-electron chi connectivity index (χ0n) is 14.2. The van der Waals surface area contributed by atoms with Crippen LogP contribution in [0.2, 0.25) is 0 Å². The Morgan fingerprint density at radius 1 is 0.739 bits per heavy atom. The average molecular weight is 366 g/mol. The number of hydrogen-bond donors (Lipinski definition) is 4. The summed E-state index contributed by atoms with van der Waals surface area (Å²) < 4.78 is 1.85. The van der Waals surface area contributed by atoms with Gasteiger partial charge in [0.1, 0.15) is 5.00 Å². The molecule has 1 aliphatic carbocycles. The van der Waals surface area contributed by atoms with Crippen LogP contribution in [0, 0.1) is 5.92 Å². The van der Waals surface area contributed by atoms with Gasteiger partial charge in [0.2, 0.25) is 0 Å². The van der Waals surface area contributed by atoms with E-state index in [4.69, 9.17) is 23.4 Å². The van der Waals surface area contributed by atoms with E-state index in [9.17, 15) is 0 Å². The van der Waals surface area contributed by atoms with Crippen LogP contribution in [0.1, 0.15) is 32.1 Å². The normalized spacial score (nSPS) is 32.1. The zero-order chi connectivity index (χ0) is 16.4. The molecule has 5 nitrogen and oxygen atoms in total. The Hall–Kier alpha value is 0.380. The van der Waals surface area contributed by atoms with Crippen LogP contribution < -0.4 is 21.3 Å². The van der Waals surface area contributed by atoms with Crippen molar-refractivity contribution >= 4 is 23.4 Å². The minimum Gasteiger partial charge on any atom is -0.314 e. The molecule has 2 fully saturated rings. The van der Waals surface area contributed by atoms with E-state index in [0.717, 1.165) is 58.9 Å². The summed E-state index contributed by atoms with van der Waals surface area (Å²) in [5, 5.41) is 13.8. The summed E-state index contributed by atoms with van der Waals surface area (Å²) in [6.07, 6.45) is 6.25. The standard InChI is InChI=1S/C16H33Cl2N5/c17-16(15-4-2-1-3-5-15)14-22-11-10-20-7-6-19-8-9-21-12-13-23(16)18/h15,19-22H,1-14H2. The van der Waals surface area contributed by atoms with Gasteiger partial charge >= 0.3 is 0 Å². The molecular formula is C16H33Cl2N5. The Morgan fingerprint density at radius 3 is 1.87 bits per heavy atom. The number of halogens is 2. The third-order valence-electron chi connectivity index (χ3n) is 4.93. The van der Waals surface area contributed by atoms with Crippen LogP contribution in [-0.4, -0.2) is 68.3 Å². The van der Waals surface area contributed by atoms with Gasteiger partial charge in [-0.3, -0.25) is 0 Å². The highest BCUT2D eigenvalue weighted by Gasteiger charge is 2.41. The lowest BCUT2D eigenvalue weighted by Gasteiger charge is -2.42. The third-order valence-corrected chi connectivity index (χ3v) is 6.13. The van der Waals surface area contributed by atoms with Crippen molar-refractivity contribution in [2.45, 2.75) is 37.1 Å². The lowest BCUT2D eigenvalue weighted by Crippen LogP contribution is -2.54. The van der Waals surface area contributed by atoms with Crippen molar-refractivity contribution in [1.29, 1.82) is 0 Å². The van der Waals surface area contributed by atoms with Crippen molar-refractivity contribution in [1.82, 2.24) is 25.7 Å². The Labute approximate surface area is 151 Å². The van der Waals surface area contributed by atoms with Gasteiger partial charge in [-0.25, -0.2) is 0 Å². The molecule has 2 rings (SSSR count). The molecule has 0 aromatic heterocycles. The van der Waals surface area contributed by atoms with Crippen LogP contribution in [0.3, 0.4) is 0 Å². The van der Waals surface area contributed by atoms with Crippen molar-refractivity contribution in [3.8, 4) is 0 Å². The molecule has 136 valence electrons. The first kappa shape index (κ1) is 19.7. The van der Waals surface area contributed by atoms with E-state index >= 15 is 0 Å². The monoisotopic (exact) mass is 365 g/mol. The first-order valence-corrected chi connectivity index (χ1v) is 9.90. The second-order valence-electron chi connectivity index (χ2n) is 6.67. The summed E-state index contributed by atoms with van der Waals surface area (Å²) in [6, 6.07) is 0. The molecule has 0 radical (unpaired) electrons. The highest BCUT2D eigenvalue weighted by Crippen LogP contribution is 2.40. The Bertz CT molecular complexity index is 315. The number of rotatable bonds is 1. The molecule has 0 spiro atoms. The van der Waals surface area contributed by atoms with E-state index in [0.29, 0.717) is 5.92 Å². The molecule has 7 heteroatoms. The highest BCUT2D eigenvalue weighted by molar-refractivity contribution is 6.28. The van der Waals surface area contributed by atoms with Crippen molar-refractivity contribution in [2.75, 3.05) is 58.9 Å². The molecule has 1 saturated carbocycles. The van der Waals surface area contributed by atoms with Gasteiger partial charge < -0.3 is 21.3 Å². The van der Waals surface area contributed by atoms with Crippen LogP contribution in [0.5, 0.6) is 0 Å². The third kappa shape index (κ3) is 6.65. The maximum atomic E-state index is 7.08. The molecule has 0 amide bonds. The quantitative estimate of drug-likeness (QED) is 0.321. The van der Waals surface area contributed by atoms with Crippen LogP contribution in [0.25, 0.3) is 0 Å². The largest absolute Gasteiger partial charge is 0.314 e. The smallest absolute Gasteiger partial charge is 0.125 e. The minimum absolute atomic E-state index is 0.466. The first-order valence-electron chi connectivity index (χ1n) is 9.18. The van der Waals surface area contributed by atoms with E-state index in [-0.39, 0.29) is 0 Å². The molecule has 1 unspecified atom stereocenters. The number of nitrogens with one attached hydrogen (secondary N) is 4. The molecule has 1 atom stereocenters. The van der Waals surface area contributed by atoms with Crippen molar-refractivity contribution < 1.29 is 0 Å². The molecule has 23 heavy (non-hydrogen) atoms. The molecule has 1 saturated heterocycles. The summed E-state index contributed by atoms with van der Waals surface area (Å²) in [5.74, 6) is 0.466. The van der Waals surface area contributed by atoms with E-state index < -0.39 is 5.00 Å². The van der Waals surface area contributed by atoms with Gasteiger partial charge in [0.25, 0.3) is 0 Å². The Balaban J connectivity index is 1.93. The summed E-state index contributed by atoms with van der Waals surface area (Å²) in [7, 11) is 0. The van der Waals surface area contributed by atoms with E-state index in [2.05, 4.69) is 21.3 Å². The molecule has 0 aromatic carbocycles. The second kappa shape index (κ2) is 11.1. The summed E-state index contributed by atoms with van der Waals surface area (Å²) in [5.41, 5.74) is 0. The van der Waals surface area contributed by atoms with Crippen molar-refractivity contribution in [3.63, 3.8) is 0 Å². The maximum absolute atomic E-state index is 7.08. The van der Waals surface area contributed by atoms with Gasteiger partial charge in [-0.2, -0.15) is 4.42 Å². The van der Waals surface area contributed by atoms with E-state index in [1.165, 1.54) is 32.1 Å². The topological polar surface area (TPSA) is 51.4 Å². The van der Waals surface area contributed by atoms with Gasteiger partial charge in [0.05, 0.1) is 0 Å². The van der Waals surface area contributed by atoms with Crippen molar-refractivity contribution in [3.05, 3.63) is 0 Å². The van der Waals surface area contributed by atoms with E-state index in [1.807, 2.05) is 4.42 Å². The fraction of sp³-hybridized carbons (Fsp3) is 1.00. The van der Waals surface area contributed by atoms with Gasteiger partial charge in [0.15, 0.2) is 0 Å². The Morgan fingerprint density at radius 2 is 1.26 bits per heavy atom. The SMILES string of the molecule is ClN1CCNCCNCCNCCNCC1(Cl)C1CCCCC1. The molecule has 0 bridgehead atoms. The molecule has 4 N–H and O–H groups in total. The summed E-state index contributed by atoms with van der Waals surface area (Å²) in [6.45, 7) is 8.19. The minimum atomic E-state index is -0.484. The van der Waals surface area contributed by atoms with Gasteiger partial charge in [-0.05, 0) is 30.5 Å². The first-order chi connectivity index (χ1) is 11.2. The fourth-order valence-electron chi connectivity index (χ4n) is 3.51. The van der Waals surface area contributed by atoms with Crippen LogP contribution in [0.15, 0.2) is 0 Å². The summed E-state index contributed by atoms with van der Waals surface area (Å²) in [4.78, 5) is -0.484. The van der Waals surface area contributed by atoms with Gasteiger partial charge in [-0.15, -0.1) is 0 Å². The Kier molecular flexibility index (Phi) is 9.49. The maximum Gasteiger partial charge on any atom is 0.125 e. The van der Waals surface area contributed by atoms with Gasteiger partial charge in [-0.1, -0.05) is 30.9 Å². The molecule has 1 heterocycles. The molecule has 2 aliphatic rings. The molecular weight excluding hydrogens is 333 g/mol. The number of alkyl halides is 1.